The molecular formula is C21H33BrO4. The van der Waals surface area contributed by atoms with Gasteiger partial charge in [0.1, 0.15) is 6.10 Å². The number of carbonyl (C=O) groups excluding carboxylic acids is 1. The molecule has 0 radical (unpaired) electrons. The number of fused-ring (bicyclic) bond motifs is 5. The van der Waals surface area contributed by atoms with Crippen LogP contribution in [0, 0.1) is 35.0 Å². The van der Waals surface area contributed by atoms with E-state index >= 15 is 0 Å². The molecule has 0 aromatic rings. The van der Waals surface area contributed by atoms with Crippen LogP contribution in [-0.2, 0) is 9.53 Å². The summed E-state index contributed by atoms with van der Waals surface area (Å²) in [5, 5.41) is 21.2. The second kappa shape index (κ2) is 7.04. The molecule has 0 aliphatic heterocycles. The Hall–Kier alpha value is -0.130. The maximum Gasteiger partial charge on any atom is 0.305 e. The topological polar surface area (TPSA) is 66.8 Å². The maximum atomic E-state index is 11.9. The first-order valence-electron chi connectivity index (χ1n) is 10.5. The summed E-state index contributed by atoms with van der Waals surface area (Å²) >= 11 is 3.79. The summed E-state index contributed by atoms with van der Waals surface area (Å²) in [5.41, 5.74) is 0.244. The lowest BCUT2D eigenvalue weighted by molar-refractivity contribution is -0.167. The first kappa shape index (κ1) is 19.2. The molecule has 0 amide bonds. The number of rotatable bonds is 2. The van der Waals surface area contributed by atoms with Crippen LogP contribution in [0.25, 0.3) is 0 Å². The van der Waals surface area contributed by atoms with E-state index in [4.69, 9.17) is 4.74 Å². The van der Waals surface area contributed by atoms with Crippen molar-refractivity contribution >= 4 is 21.9 Å². The highest BCUT2D eigenvalue weighted by molar-refractivity contribution is 9.09. The van der Waals surface area contributed by atoms with Crippen molar-refractivity contribution in [2.75, 3.05) is 0 Å². The highest BCUT2D eigenvalue weighted by atomic mass is 79.9. The number of halogens is 1. The van der Waals surface area contributed by atoms with Gasteiger partial charge in [0, 0.05) is 12.3 Å². The zero-order chi connectivity index (χ0) is 18.6. The van der Waals surface area contributed by atoms with Crippen LogP contribution < -0.4 is 0 Å². The summed E-state index contributed by atoms with van der Waals surface area (Å²) in [6.45, 7) is 4.26. The Morgan fingerprint density at radius 3 is 2.65 bits per heavy atom. The van der Waals surface area contributed by atoms with Crippen LogP contribution in [-0.4, -0.2) is 39.3 Å². The molecule has 0 aromatic heterocycles. The number of hydrogen-bond donors (Lipinski definition) is 2. The number of alkyl halides is 1. The molecule has 148 valence electrons. The fourth-order valence-corrected chi connectivity index (χ4v) is 8.11. The van der Waals surface area contributed by atoms with Gasteiger partial charge in [-0.3, -0.25) is 4.79 Å². The van der Waals surface area contributed by atoms with Crippen LogP contribution in [0.15, 0.2) is 0 Å². The van der Waals surface area contributed by atoms with Crippen molar-refractivity contribution in [2.45, 2.75) is 88.4 Å². The standard InChI is InChI=1S/C21H33BrO4/c1-3-18(25)26-20-13-4-5-15-19(14(13)10-16(20)22)17(24)9-11-8-12(23)6-7-21(11,15)2/h11-17,19-20,23-24H,3-10H2,1-2H3/t11?,12-,13-,14?,15?,16+,17-,19?,20+,21-/m0/s1. The van der Waals surface area contributed by atoms with Gasteiger partial charge in [0.25, 0.3) is 0 Å². The van der Waals surface area contributed by atoms with E-state index in [9.17, 15) is 15.0 Å². The number of esters is 1. The van der Waals surface area contributed by atoms with Crippen molar-refractivity contribution in [3.05, 3.63) is 0 Å². The molecule has 4 aliphatic rings. The lowest BCUT2D eigenvalue weighted by Gasteiger charge is -2.60. The average Bonchev–Trinajstić information content (AvgIpc) is 2.92. The van der Waals surface area contributed by atoms with E-state index < -0.39 is 0 Å². The molecule has 0 saturated heterocycles. The lowest BCUT2D eigenvalue weighted by Crippen LogP contribution is -2.57. The number of aliphatic hydroxyl groups is 2. The molecule has 5 heteroatoms. The fraction of sp³-hybridized carbons (Fsp3) is 0.952. The second-order valence-corrected chi connectivity index (χ2v) is 10.8. The average molecular weight is 429 g/mol. The third kappa shape index (κ3) is 2.97. The molecule has 4 rings (SSSR count). The molecule has 10 atom stereocenters. The maximum absolute atomic E-state index is 11.9. The van der Waals surface area contributed by atoms with E-state index in [-0.39, 0.29) is 34.5 Å². The Labute approximate surface area is 165 Å². The van der Waals surface area contributed by atoms with Crippen LogP contribution in [0.3, 0.4) is 0 Å². The van der Waals surface area contributed by atoms with Gasteiger partial charge in [-0.1, -0.05) is 29.8 Å². The molecule has 4 aliphatic carbocycles. The summed E-state index contributed by atoms with van der Waals surface area (Å²) in [4.78, 5) is 12.1. The molecular weight excluding hydrogens is 396 g/mol. The lowest BCUT2D eigenvalue weighted by atomic mass is 9.46. The molecule has 0 bridgehead atoms. The predicted octanol–water partition coefficient (Wildman–Crippen LogP) is 3.67. The summed E-state index contributed by atoms with van der Waals surface area (Å²) in [6.07, 6.45) is 6.76. The monoisotopic (exact) mass is 428 g/mol. The van der Waals surface area contributed by atoms with Crippen molar-refractivity contribution in [3.63, 3.8) is 0 Å². The number of ether oxygens (including phenoxy) is 1. The largest absolute Gasteiger partial charge is 0.461 e. The van der Waals surface area contributed by atoms with Crippen LogP contribution in [0.5, 0.6) is 0 Å². The second-order valence-electron chi connectivity index (χ2n) is 9.58. The van der Waals surface area contributed by atoms with E-state index in [1.54, 1.807) is 0 Å². The summed E-state index contributed by atoms with van der Waals surface area (Å²) in [5.74, 6) is 1.99. The van der Waals surface area contributed by atoms with Gasteiger partial charge < -0.3 is 14.9 Å². The van der Waals surface area contributed by atoms with Crippen LogP contribution in [0.2, 0.25) is 0 Å². The van der Waals surface area contributed by atoms with Gasteiger partial charge in [-0.15, -0.1) is 0 Å². The quantitative estimate of drug-likeness (QED) is 0.519. The van der Waals surface area contributed by atoms with Crippen molar-refractivity contribution in [2.24, 2.45) is 35.0 Å². The number of hydrogen-bond acceptors (Lipinski definition) is 4. The molecule has 26 heavy (non-hydrogen) atoms. The number of carbonyl (C=O) groups is 1. The Morgan fingerprint density at radius 2 is 1.92 bits per heavy atom. The molecule has 0 spiro atoms. The predicted molar refractivity (Wildman–Crippen MR) is 103 cm³/mol. The summed E-state index contributed by atoms with van der Waals surface area (Å²) in [6, 6.07) is 0. The molecule has 0 heterocycles. The molecule has 4 unspecified atom stereocenters. The molecule has 2 N–H and O–H groups in total. The zero-order valence-electron chi connectivity index (χ0n) is 15.9. The number of aliphatic hydroxyl groups excluding tert-OH is 2. The highest BCUT2D eigenvalue weighted by Crippen LogP contribution is 2.63. The van der Waals surface area contributed by atoms with E-state index in [0.717, 1.165) is 44.9 Å². The van der Waals surface area contributed by atoms with Gasteiger partial charge in [0.05, 0.1) is 17.0 Å². The fourth-order valence-electron chi connectivity index (χ4n) is 7.18. The first-order valence-corrected chi connectivity index (χ1v) is 11.5. The van der Waals surface area contributed by atoms with E-state index in [2.05, 4.69) is 22.9 Å². The molecule has 4 saturated carbocycles. The first-order chi connectivity index (χ1) is 12.3. The van der Waals surface area contributed by atoms with Crippen LogP contribution in [0.4, 0.5) is 0 Å². The molecule has 0 aromatic carbocycles. The van der Waals surface area contributed by atoms with Gasteiger partial charge in [-0.05, 0) is 74.0 Å². The Balaban J connectivity index is 1.57. The van der Waals surface area contributed by atoms with Crippen molar-refractivity contribution in [1.82, 2.24) is 0 Å². The SMILES string of the molecule is CCC(=O)O[C@H]1[C@H](Br)CC2C3C(CC[C@@H]21)[C@@]1(C)CC[C@H](O)CC1C[C@@H]3O. The Morgan fingerprint density at radius 1 is 1.15 bits per heavy atom. The van der Waals surface area contributed by atoms with Crippen LogP contribution >= 0.6 is 15.9 Å². The minimum Gasteiger partial charge on any atom is -0.461 e. The van der Waals surface area contributed by atoms with Gasteiger partial charge >= 0.3 is 5.97 Å². The summed E-state index contributed by atoms with van der Waals surface area (Å²) < 4.78 is 5.80. The third-order valence-electron chi connectivity index (χ3n) is 8.47. The molecule has 4 nitrogen and oxygen atoms in total. The van der Waals surface area contributed by atoms with Crippen molar-refractivity contribution < 1.29 is 19.7 Å². The van der Waals surface area contributed by atoms with Crippen molar-refractivity contribution in [1.29, 1.82) is 0 Å². The minimum atomic E-state index is -0.281. The van der Waals surface area contributed by atoms with Crippen molar-refractivity contribution in [3.8, 4) is 0 Å². The van der Waals surface area contributed by atoms with E-state index in [1.165, 1.54) is 0 Å². The van der Waals surface area contributed by atoms with Gasteiger partial charge in [0.15, 0.2) is 0 Å². The van der Waals surface area contributed by atoms with Gasteiger partial charge in [-0.2, -0.15) is 0 Å². The third-order valence-corrected chi connectivity index (χ3v) is 9.37. The molecule has 4 fully saturated rings. The van der Waals surface area contributed by atoms with Gasteiger partial charge in [-0.25, -0.2) is 0 Å². The Kier molecular flexibility index (Phi) is 5.20. The normalized spacial score (nSPS) is 53.3. The zero-order valence-corrected chi connectivity index (χ0v) is 17.5. The Bertz CT molecular complexity index is 554. The smallest absolute Gasteiger partial charge is 0.305 e. The van der Waals surface area contributed by atoms with Crippen LogP contribution in [0.1, 0.15) is 65.2 Å². The van der Waals surface area contributed by atoms with Gasteiger partial charge in [0.2, 0.25) is 0 Å². The van der Waals surface area contributed by atoms with E-state index in [0.29, 0.717) is 36.0 Å². The summed E-state index contributed by atoms with van der Waals surface area (Å²) in [7, 11) is 0. The minimum absolute atomic E-state index is 0.0423. The highest BCUT2D eigenvalue weighted by Gasteiger charge is 2.60. The van der Waals surface area contributed by atoms with E-state index in [1.807, 2.05) is 6.92 Å².